The third-order valence-electron chi connectivity index (χ3n) is 6.72. The molecule has 2 fully saturated rings. The van der Waals surface area contributed by atoms with Crippen LogP contribution in [0.2, 0.25) is 0 Å². The van der Waals surface area contributed by atoms with Gasteiger partial charge in [-0.3, -0.25) is 9.59 Å². The van der Waals surface area contributed by atoms with E-state index >= 15 is 0 Å². The zero-order chi connectivity index (χ0) is 25.0. The van der Waals surface area contributed by atoms with Crippen molar-refractivity contribution in [2.45, 2.75) is 56.3 Å². The number of carbonyl (C=O) groups excluding carboxylic acids is 2. The Hall–Kier alpha value is -2.82. The second kappa shape index (κ2) is 10.8. The zero-order valence-electron chi connectivity index (χ0n) is 19.5. The highest BCUT2D eigenvalue weighted by atomic mass is 32.2. The van der Waals surface area contributed by atoms with Crippen molar-refractivity contribution in [3.8, 4) is 0 Å². The van der Waals surface area contributed by atoms with E-state index in [4.69, 9.17) is 5.73 Å². The lowest BCUT2D eigenvalue weighted by Gasteiger charge is -2.32. The summed E-state index contributed by atoms with van der Waals surface area (Å²) >= 11 is 0. The van der Waals surface area contributed by atoms with Gasteiger partial charge in [0.1, 0.15) is 5.82 Å². The topological polar surface area (TPSA) is 113 Å². The van der Waals surface area contributed by atoms with Crippen LogP contribution in [0.15, 0.2) is 53.4 Å². The van der Waals surface area contributed by atoms with Crippen LogP contribution in [0.25, 0.3) is 0 Å². The van der Waals surface area contributed by atoms with E-state index in [1.165, 1.54) is 17.0 Å². The summed E-state index contributed by atoms with van der Waals surface area (Å²) in [5.41, 5.74) is 7.43. The number of carbonyl (C=O) groups is 2. The molecule has 0 spiro atoms. The normalized spacial score (nSPS) is 19.6. The minimum Gasteiger partial charge on any atom is -0.349 e. The third kappa shape index (κ3) is 5.55. The van der Waals surface area contributed by atoms with Crippen LogP contribution in [0.4, 0.5) is 4.39 Å². The van der Waals surface area contributed by atoms with E-state index in [0.29, 0.717) is 6.54 Å². The van der Waals surface area contributed by atoms with Crippen LogP contribution in [0, 0.1) is 11.7 Å². The van der Waals surface area contributed by atoms with Gasteiger partial charge in [0.15, 0.2) is 6.17 Å². The number of benzene rings is 2. The van der Waals surface area contributed by atoms with Gasteiger partial charge in [0.2, 0.25) is 15.9 Å². The predicted octanol–water partition coefficient (Wildman–Crippen LogP) is 2.34. The van der Waals surface area contributed by atoms with Crippen molar-refractivity contribution in [2.75, 3.05) is 13.1 Å². The summed E-state index contributed by atoms with van der Waals surface area (Å²) in [5.74, 6) is -1.54. The van der Waals surface area contributed by atoms with Crippen LogP contribution in [0.5, 0.6) is 0 Å². The molecule has 1 aliphatic carbocycles. The monoisotopic (exact) mass is 502 g/mol. The maximum absolute atomic E-state index is 13.4. The molecule has 8 nitrogen and oxygen atoms in total. The number of nitrogens with one attached hydrogen (secondary N) is 1. The number of halogens is 1. The fraction of sp³-hybridized carbons (Fsp3) is 0.440. The maximum Gasteiger partial charge on any atom is 0.259 e. The van der Waals surface area contributed by atoms with Crippen LogP contribution >= 0.6 is 0 Å². The Morgan fingerprint density at radius 3 is 2.37 bits per heavy atom. The molecule has 1 unspecified atom stereocenters. The Morgan fingerprint density at radius 2 is 1.69 bits per heavy atom. The lowest BCUT2D eigenvalue weighted by Crippen LogP contribution is -2.54. The van der Waals surface area contributed by atoms with Crippen LogP contribution in [-0.2, 0) is 32.7 Å². The van der Waals surface area contributed by atoms with Crippen molar-refractivity contribution in [3.05, 3.63) is 65.5 Å². The summed E-state index contributed by atoms with van der Waals surface area (Å²) in [6.45, 7) is 0.631. The molecule has 35 heavy (non-hydrogen) atoms. The lowest BCUT2D eigenvalue weighted by molar-refractivity contribution is -0.144. The quantitative estimate of drug-likeness (QED) is 0.604. The molecular weight excluding hydrogens is 471 g/mol. The van der Waals surface area contributed by atoms with Gasteiger partial charge < -0.3 is 16.0 Å². The molecule has 2 aromatic rings. The molecule has 1 aliphatic heterocycles. The highest BCUT2D eigenvalue weighted by Crippen LogP contribution is 2.30. The van der Waals surface area contributed by atoms with Gasteiger partial charge in [-0.05, 0) is 48.2 Å². The van der Waals surface area contributed by atoms with Crippen molar-refractivity contribution >= 4 is 21.8 Å². The van der Waals surface area contributed by atoms with E-state index < -0.39 is 27.9 Å². The van der Waals surface area contributed by atoms with E-state index in [2.05, 4.69) is 5.32 Å². The van der Waals surface area contributed by atoms with E-state index in [0.717, 1.165) is 59.7 Å². The molecule has 3 N–H and O–H groups in total. The second-order valence-electron chi connectivity index (χ2n) is 9.05. The number of nitrogens with zero attached hydrogens (tertiary/aromatic N) is 2. The molecule has 0 bridgehead atoms. The van der Waals surface area contributed by atoms with Crippen molar-refractivity contribution in [3.63, 3.8) is 0 Å². The van der Waals surface area contributed by atoms with Gasteiger partial charge in [0, 0.05) is 32.1 Å². The van der Waals surface area contributed by atoms with Gasteiger partial charge >= 0.3 is 0 Å². The van der Waals surface area contributed by atoms with Crippen molar-refractivity contribution in [1.29, 1.82) is 0 Å². The smallest absolute Gasteiger partial charge is 0.259 e. The van der Waals surface area contributed by atoms with Gasteiger partial charge in [-0.2, -0.15) is 4.31 Å². The Labute approximate surface area is 205 Å². The summed E-state index contributed by atoms with van der Waals surface area (Å²) in [6.07, 6.45) is 3.12. The number of sulfonamides is 1. The van der Waals surface area contributed by atoms with Crippen LogP contribution < -0.4 is 11.1 Å². The predicted molar refractivity (Wildman–Crippen MR) is 129 cm³/mol. The molecule has 1 saturated carbocycles. The zero-order valence-corrected chi connectivity index (χ0v) is 20.3. The summed E-state index contributed by atoms with van der Waals surface area (Å²) in [4.78, 5) is 28.1. The Bertz CT molecular complexity index is 1170. The van der Waals surface area contributed by atoms with Gasteiger partial charge in [-0.25, -0.2) is 12.8 Å². The second-order valence-corrected chi connectivity index (χ2v) is 10.9. The van der Waals surface area contributed by atoms with Crippen LogP contribution in [0.1, 0.15) is 43.2 Å². The molecule has 10 heteroatoms. The molecule has 188 valence electrons. The van der Waals surface area contributed by atoms with E-state index in [9.17, 15) is 22.4 Å². The Balaban J connectivity index is 1.60. The lowest BCUT2D eigenvalue weighted by atomic mass is 9.88. The summed E-state index contributed by atoms with van der Waals surface area (Å²) in [6, 6.07) is 11.9. The number of nitrogens with two attached hydrogens (primary N) is 1. The number of hydrogen-bond acceptors (Lipinski definition) is 5. The fourth-order valence-electron chi connectivity index (χ4n) is 4.83. The van der Waals surface area contributed by atoms with Crippen molar-refractivity contribution in [1.82, 2.24) is 14.5 Å². The summed E-state index contributed by atoms with van der Waals surface area (Å²) in [7, 11) is -4.15. The number of rotatable bonds is 7. The van der Waals surface area contributed by atoms with Gasteiger partial charge in [-0.1, -0.05) is 43.5 Å². The minimum absolute atomic E-state index is 0.0150. The average Bonchev–Trinajstić information content (AvgIpc) is 3.34. The first-order valence-electron chi connectivity index (χ1n) is 11.9. The fourth-order valence-corrected chi connectivity index (χ4v) is 6.38. The summed E-state index contributed by atoms with van der Waals surface area (Å²) in [5, 5.41) is 2.80. The van der Waals surface area contributed by atoms with E-state index in [1.807, 2.05) is 24.3 Å². The first-order valence-corrected chi connectivity index (χ1v) is 13.4. The molecular formula is C25H31FN4O4S. The van der Waals surface area contributed by atoms with E-state index in [-0.39, 0.29) is 36.4 Å². The van der Waals surface area contributed by atoms with Crippen LogP contribution in [0.3, 0.4) is 0 Å². The molecule has 4 rings (SSSR count). The molecule has 1 atom stereocenters. The number of amides is 2. The van der Waals surface area contributed by atoms with Crippen molar-refractivity contribution < 1.29 is 22.4 Å². The molecule has 0 radical (unpaired) electrons. The Morgan fingerprint density at radius 1 is 1.00 bits per heavy atom. The van der Waals surface area contributed by atoms with Gasteiger partial charge in [0.25, 0.3) is 5.91 Å². The SMILES string of the molecule is NCc1cccc(CNC(=O)C2N(C(=O)C3CCCCC3)CCN2S(=O)(=O)c2ccc(F)cc2)c1. The van der Waals surface area contributed by atoms with Gasteiger partial charge in [0.05, 0.1) is 4.90 Å². The first-order chi connectivity index (χ1) is 16.8. The largest absolute Gasteiger partial charge is 0.349 e. The average molecular weight is 503 g/mol. The maximum atomic E-state index is 13.4. The third-order valence-corrected chi connectivity index (χ3v) is 8.58. The highest BCUT2D eigenvalue weighted by Gasteiger charge is 2.47. The summed E-state index contributed by atoms with van der Waals surface area (Å²) < 4.78 is 41.3. The molecule has 2 aliphatic rings. The molecule has 1 saturated heterocycles. The van der Waals surface area contributed by atoms with Gasteiger partial charge in [-0.15, -0.1) is 0 Å². The molecule has 2 aromatic carbocycles. The Kier molecular flexibility index (Phi) is 7.83. The highest BCUT2D eigenvalue weighted by molar-refractivity contribution is 7.89. The molecule has 1 heterocycles. The number of hydrogen-bond donors (Lipinski definition) is 2. The molecule has 2 amide bonds. The first kappa shape index (κ1) is 25.3. The van der Waals surface area contributed by atoms with Crippen molar-refractivity contribution in [2.24, 2.45) is 11.7 Å². The minimum atomic E-state index is -4.15. The standard InChI is InChI=1S/C25H31FN4O4S/c26-21-9-11-22(12-10-21)35(33,34)30-14-13-29(25(32)20-7-2-1-3-8-20)24(30)23(31)28-17-19-6-4-5-18(15-19)16-27/h4-6,9-12,15,20,24H,1-3,7-8,13-14,16-17,27H2,(H,28,31). The van der Waals surface area contributed by atoms with Crippen LogP contribution in [-0.4, -0.2) is 48.7 Å². The molecule has 0 aromatic heterocycles. The van der Waals surface area contributed by atoms with E-state index in [1.54, 1.807) is 0 Å².